The highest BCUT2D eigenvalue weighted by Gasteiger charge is 2.16. The molecule has 29 heavy (non-hydrogen) atoms. The molecule has 4 heteroatoms. The first-order valence-corrected chi connectivity index (χ1v) is 9.85. The van der Waals surface area contributed by atoms with Crippen molar-refractivity contribution in [2.24, 2.45) is 0 Å². The third kappa shape index (κ3) is 3.87. The number of rotatable bonds is 3. The van der Waals surface area contributed by atoms with Crippen LogP contribution in [0.5, 0.6) is 0 Å². The van der Waals surface area contributed by atoms with Crippen LogP contribution in [0.2, 0.25) is 5.02 Å². The van der Waals surface area contributed by atoms with E-state index in [9.17, 15) is 4.79 Å². The van der Waals surface area contributed by atoms with Crippen molar-refractivity contribution in [3.8, 4) is 11.3 Å². The molecule has 0 fully saturated rings. The second-order valence-corrected chi connectivity index (χ2v) is 7.74. The monoisotopic (exact) mass is 400 g/mol. The Morgan fingerprint density at radius 3 is 2.24 bits per heavy atom. The summed E-state index contributed by atoms with van der Waals surface area (Å²) < 4.78 is 0. The molecule has 0 aliphatic rings. The average Bonchev–Trinajstić information content (AvgIpc) is 2.70. The zero-order valence-corrected chi connectivity index (χ0v) is 17.3. The maximum Gasteiger partial charge on any atom is 0.256 e. The summed E-state index contributed by atoms with van der Waals surface area (Å²) in [5.41, 5.74) is 7.16. The fourth-order valence-corrected chi connectivity index (χ4v) is 3.82. The largest absolute Gasteiger partial charge is 0.321 e. The minimum atomic E-state index is -0.145. The van der Waals surface area contributed by atoms with E-state index in [0.717, 1.165) is 39.0 Å². The number of aromatic nitrogens is 1. The van der Waals surface area contributed by atoms with E-state index in [1.807, 2.05) is 68.4 Å². The summed E-state index contributed by atoms with van der Waals surface area (Å²) in [5.74, 6) is -0.145. The zero-order chi connectivity index (χ0) is 20.5. The van der Waals surface area contributed by atoms with Crippen molar-refractivity contribution in [2.45, 2.75) is 20.8 Å². The number of para-hydroxylation sites is 1. The normalized spacial score (nSPS) is 10.9. The number of anilines is 1. The van der Waals surface area contributed by atoms with E-state index >= 15 is 0 Å². The minimum Gasteiger partial charge on any atom is -0.321 e. The maximum atomic E-state index is 13.3. The molecule has 0 atom stereocenters. The van der Waals surface area contributed by atoms with Crippen LogP contribution in [-0.2, 0) is 0 Å². The van der Waals surface area contributed by atoms with Crippen molar-refractivity contribution in [3.63, 3.8) is 0 Å². The van der Waals surface area contributed by atoms with E-state index in [-0.39, 0.29) is 5.91 Å². The lowest BCUT2D eigenvalue weighted by Crippen LogP contribution is -2.15. The fourth-order valence-electron chi connectivity index (χ4n) is 3.69. The third-order valence-corrected chi connectivity index (χ3v) is 5.27. The molecule has 0 bridgehead atoms. The molecule has 0 aliphatic heterocycles. The highest BCUT2D eigenvalue weighted by atomic mass is 35.5. The average molecular weight is 401 g/mol. The van der Waals surface area contributed by atoms with Gasteiger partial charge in [0.2, 0.25) is 0 Å². The number of carbonyl (C=O) groups excluding carboxylic acids is 1. The number of benzene rings is 3. The summed E-state index contributed by atoms with van der Waals surface area (Å²) >= 11 is 6.02. The second-order valence-electron chi connectivity index (χ2n) is 7.31. The number of carbonyl (C=O) groups is 1. The Bertz CT molecular complexity index is 1210. The number of pyridine rings is 1. The van der Waals surface area contributed by atoms with Gasteiger partial charge in [0.25, 0.3) is 5.91 Å². The van der Waals surface area contributed by atoms with Gasteiger partial charge in [-0.05, 0) is 56.2 Å². The molecular formula is C25H21ClN2O. The molecule has 0 spiro atoms. The van der Waals surface area contributed by atoms with E-state index < -0.39 is 0 Å². The Morgan fingerprint density at radius 1 is 0.897 bits per heavy atom. The molecule has 3 nitrogen and oxygen atoms in total. The number of fused-ring (bicyclic) bond motifs is 1. The lowest BCUT2D eigenvalue weighted by molar-refractivity contribution is 0.102. The van der Waals surface area contributed by atoms with Crippen LogP contribution in [-0.4, -0.2) is 10.9 Å². The van der Waals surface area contributed by atoms with Crippen molar-refractivity contribution in [3.05, 3.63) is 94.0 Å². The summed E-state index contributed by atoms with van der Waals surface area (Å²) in [6.45, 7) is 6.08. The SMILES string of the molecule is Cc1cc(C)c(NC(=O)c2cc(-c3ccc(Cl)cc3)nc3ccccc23)c(C)c1. The van der Waals surface area contributed by atoms with Crippen LogP contribution >= 0.6 is 11.6 Å². The molecular weight excluding hydrogens is 380 g/mol. The predicted octanol–water partition coefficient (Wildman–Crippen LogP) is 6.73. The van der Waals surface area contributed by atoms with E-state index in [1.165, 1.54) is 5.56 Å². The number of aryl methyl sites for hydroxylation is 3. The quantitative estimate of drug-likeness (QED) is 0.414. The second kappa shape index (κ2) is 7.69. The Labute approximate surface area is 175 Å². The first-order valence-electron chi connectivity index (χ1n) is 9.47. The highest BCUT2D eigenvalue weighted by Crippen LogP contribution is 2.28. The van der Waals surface area contributed by atoms with Crippen molar-refractivity contribution < 1.29 is 4.79 Å². The van der Waals surface area contributed by atoms with Crippen molar-refractivity contribution >= 4 is 34.1 Å². The molecule has 144 valence electrons. The van der Waals surface area contributed by atoms with Crippen LogP contribution in [0.25, 0.3) is 22.2 Å². The van der Waals surface area contributed by atoms with Gasteiger partial charge in [0.15, 0.2) is 0 Å². The smallest absolute Gasteiger partial charge is 0.256 e. The number of amides is 1. The number of hydrogen-bond acceptors (Lipinski definition) is 2. The van der Waals surface area contributed by atoms with Gasteiger partial charge in [-0.3, -0.25) is 4.79 Å². The highest BCUT2D eigenvalue weighted by molar-refractivity contribution is 6.30. The molecule has 1 heterocycles. The van der Waals surface area contributed by atoms with E-state index in [0.29, 0.717) is 10.6 Å². The number of nitrogens with one attached hydrogen (secondary N) is 1. The Kier molecular flexibility index (Phi) is 5.08. The molecule has 4 aromatic rings. The zero-order valence-electron chi connectivity index (χ0n) is 16.6. The molecule has 1 N–H and O–H groups in total. The fraction of sp³-hybridized carbons (Fsp3) is 0.120. The van der Waals surface area contributed by atoms with Crippen LogP contribution < -0.4 is 5.32 Å². The van der Waals surface area contributed by atoms with E-state index in [4.69, 9.17) is 16.6 Å². The Hall–Kier alpha value is -3.17. The van der Waals surface area contributed by atoms with Crippen LogP contribution in [0, 0.1) is 20.8 Å². The molecule has 0 radical (unpaired) electrons. The van der Waals surface area contributed by atoms with Crippen LogP contribution in [0.15, 0.2) is 66.7 Å². The van der Waals surface area contributed by atoms with Gasteiger partial charge in [-0.15, -0.1) is 0 Å². The van der Waals surface area contributed by atoms with Gasteiger partial charge < -0.3 is 5.32 Å². The van der Waals surface area contributed by atoms with E-state index in [2.05, 4.69) is 24.4 Å². The van der Waals surface area contributed by atoms with Gasteiger partial charge >= 0.3 is 0 Å². The molecule has 4 rings (SSSR count). The first kappa shape index (κ1) is 19.2. The van der Waals surface area contributed by atoms with Crippen molar-refractivity contribution in [1.29, 1.82) is 0 Å². The molecule has 0 saturated heterocycles. The van der Waals surface area contributed by atoms with Crippen LogP contribution in [0.4, 0.5) is 5.69 Å². The Balaban J connectivity index is 1.82. The van der Waals surface area contributed by atoms with Crippen LogP contribution in [0.3, 0.4) is 0 Å². The lowest BCUT2D eigenvalue weighted by atomic mass is 10.0. The summed E-state index contributed by atoms with van der Waals surface area (Å²) in [4.78, 5) is 18.0. The van der Waals surface area contributed by atoms with Gasteiger partial charge in [-0.2, -0.15) is 0 Å². The molecule has 0 aliphatic carbocycles. The summed E-state index contributed by atoms with van der Waals surface area (Å²) in [6.07, 6.45) is 0. The number of hydrogen-bond donors (Lipinski definition) is 1. The summed E-state index contributed by atoms with van der Waals surface area (Å²) in [5, 5.41) is 4.60. The standard InChI is InChI=1S/C25H21ClN2O/c1-15-12-16(2)24(17(3)13-15)28-25(29)21-14-23(18-8-10-19(26)11-9-18)27-22-7-5-4-6-20(21)22/h4-14H,1-3H3,(H,28,29). The van der Waals surface area contributed by atoms with Crippen LogP contribution in [0.1, 0.15) is 27.0 Å². The molecule has 0 saturated carbocycles. The van der Waals surface area contributed by atoms with Gasteiger partial charge in [0, 0.05) is 21.7 Å². The molecule has 0 unspecified atom stereocenters. The first-order chi connectivity index (χ1) is 13.9. The van der Waals surface area contributed by atoms with Gasteiger partial charge in [-0.25, -0.2) is 4.98 Å². The van der Waals surface area contributed by atoms with Crippen molar-refractivity contribution in [2.75, 3.05) is 5.32 Å². The van der Waals surface area contributed by atoms with Gasteiger partial charge in [-0.1, -0.05) is 59.6 Å². The van der Waals surface area contributed by atoms with E-state index in [1.54, 1.807) is 0 Å². The maximum absolute atomic E-state index is 13.3. The lowest BCUT2D eigenvalue weighted by Gasteiger charge is -2.15. The molecule has 3 aromatic carbocycles. The number of nitrogens with zero attached hydrogens (tertiary/aromatic N) is 1. The molecule has 1 amide bonds. The topological polar surface area (TPSA) is 42.0 Å². The summed E-state index contributed by atoms with van der Waals surface area (Å²) in [7, 11) is 0. The third-order valence-electron chi connectivity index (χ3n) is 5.02. The van der Waals surface area contributed by atoms with Gasteiger partial charge in [0.05, 0.1) is 16.8 Å². The predicted molar refractivity (Wildman–Crippen MR) is 121 cm³/mol. The van der Waals surface area contributed by atoms with Crippen molar-refractivity contribution in [1.82, 2.24) is 4.98 Å². The van der Waals surface area contributed by atoms with Gasteiger partial charge in [0.1, 0.15) is 0 Å². The molecule has 1 aromatic heterocycles. The Morgan fingerprint density at radius 2 is 1.55 bits per heavy atom. The number of halogens is 1. The summed E-state index contributed by atoms with van der Waals surface area (Å²) in [6, 6.07) is 21.2. The minimum absolute atomic E-state index is 0.145.